The van der Waals surface area contributed by atoms with Gasteiger partial charge in [-0.25, -0.2) is 0 Å². The second-order valence-corrected chi connectivity index (χ2v) is 6.22. The first kappa shape index (κ1) is 16.4. The third-order valence-corrected chi connectivity index (χ3v) is 4.23. The van der Waals surface area contributed by atoms with E-state index in [1.165, 1.54) is 5.69 Å². The molecule has 0 bridgehead atoms. The van der Waals surface area contributed by atoms with Crippen molar-refractivity contribution in [1.29, 1.82) is 0 Å². The van der Waals surface area contributed by atoms with E-state index in [0.29, 0.717) is 5.95 Å². The van der Waals surface area contributed by atoms with Crippen molar-refractivity contribution in [3.8, 4) is 0 Å². The van der Waals surface area contributed by atoms with Gasteiger partial charge in [0.2, 0.25) is 11.9 Å². The molecule has 0 radical (unpaired) electrons. The number of aromatic nitrogens is 3. The van der Waals surface area contributed by atoms with Crippen LogP contribution in [0.15, 0.2) is 30.3 Å². The summed E-state index contributed by atoms with van der Waals surface area (Å²) in [5, 5.41) is 0. The minimum atomic E-state index is 0.289. The fraction of sp³-hybridized carbons (Fsp3) is 0.471. The molecule has 24 heavy (non-hydrogen) atoms. The number of benzene rings is 1. The van der Waals surface area contributed by atoms with E-state index in [1.807, 2.05) is 19.0 Å². The van der Waals surface area contributed by atoms with Crippen LogP contribution in [0.1, 0.15) is 5.82 Å². The van der Waals surface area contributed by atoms with Crippen LogP contribution in [0.5, 0.6) is 0 Å². The van der Waals surface area contributed by atoms with Crippen molar-refractivity contribution in [2.24, 2.45) is 0 Å². The summed E-state index contributed by atoms with van der Waals surface area (Å²) in [7, 11) is 3.81. The van der Waals surface area contributed by atoms with E-state index in [1.54, 1.807) is 0 Å². The Balaban J connectivity index is 1.52. The zero-order valence-electron chi connectivity index (χ0n) is 14.4. The van der Waals surface area contributed by atoms with Crippen molar-refractivity contribution in [1.82, 2.24) is 19.9 Å². The SMILES string of the molecule is CN(C)c1nc(N)nc(CCN2CCN(c3ccccc3)CC2)n1. The van der Waals surface area contributed by atoms with Crippen LogP contribution in [0.4, 0.5) is 17.6 Å². The van der Waals surface area contributed by atoms with Gasteiger partial charge in [0.15, 0.2) is 0 Å². The Morgan fingerprint density at radius 3 is 2.38 bits per heavy atom. The average molecular weight is 327 g/mol. The molecule has 1 aliphatic heterocycles. The summed E-state index contributed by atoms with van der Waals surface area (Å²) in [6.45, 7) is 5.14. The normalized spacial score (nSPS) is 15.5. The largest absolute Gasteiger partial charge is 0.369 e. The molecular weight excluding hydrogens is 302 g/mol. The molecule has 0 spiro atoms. The number of para-hydroxylation sites is 1. The number of piperazine rings is 1. The topological polar surface area (TPSA) is 74.4 Å². The number of anilines is 3. The summed E-state index contributed by atoms with van der Waals surface area (Å²) < 4.78 is 0. The van der Waals surface area contributed by atoms with Gasteiger partial charge in [0.25, 0.3) is 0 Å². The number of nitrogen functional groups attached to an aromatic ring is 1. The maximum atomic E-state index is 5.78. The van der Waals surface area contributed by atoms with E-state index >= 15 is 0 Å². The minimum Gasteiger partial charge on any atom is -0.369 e. The maximum absolute atomic E-state index is 5.78. The van der Waals surface area contributed by atoms with Gasteiger partial charge in [0, 0.05) is 58.9 Å². The molecule has 0 unspecified atom stereocenters. The van der Waals surface area contributed by atoms with Gasteiger partial charge in [-0.05, 0) is 12.1 Å². The molecule has 1 aromatic heterocycles. The van der Waals surface area contributed by atoms with Gasteiger partial charge in [0.1, 0.15) is 5.82 Å². The Hall–Kier alpha value is -2.41. The van der Waals surface area contributed by atoms with Crippen LogP contribution >= 0.6 is 0 Å². The van der Waals surface area contributed by atoms with Gasteiger partial charge in [-0.1, -0.05) is 18.2 Å². The smallest absolute Gasteiger partial charge is 0.229 e. The number of rotatable bonds is 5. The molecule has 3 rings (SSSR count). The van der Waals surface area contributed by atoms with Gasteiger partial charge in [0.05, 0.1) is 0 Å². The standard InChI is InChI=1S/C17H25N7/c1-22(2)17-20-15(19-16(18)21-17)8-9-23-10-12-24(13-11-23)14-6-4-3-5-7-14/h3-7H,8-13H2,1-2H3,(H2,18,19,20,21). The molecule has 1 saturated heterocycles. The molecule has 0 atom stereocenters. The Morgan fingerprint density at radius 1 is 1.00 bits per heavy atom. The van der Waals surface area contributed by atoms with Gasteiger partial charge in [-0.15, -0.1) is 0 Å². The van der Waals surface area contributed by atoms with E-state index in [-0.39, 0.29) is 5.95 Å². The van der Waals surface area contributed by atoms with Crippen LogP contribution in [0.3, 0.4) is 0 Å². The van der Waals surface area contributed by atoms with Crippen LogP contribution < -0.4 is 15.5 Å². The summed E-state index contributed by atoms with van der Waals surface area (Å²) in [4.78, 5) is 19.6. The molecule has 0 amide bonds. The fourth-order valence-electron chi connectivity index (χ4n) is 2.86. The summed E-state index contributed by atoms with van der Waals surface area (Å²) in [5.41, 5.74) is 7.08. The number of hydrogen-bond donors (Lipinski definition) is 1. The van der Waals surface area contributed by atoms with Crippen molar-refractivity contribution >= 4 is 17.6 Å². The summed E-state index contributed by atoms with van der Waals surface area (Å²) >= 11 is 0. The van der Waals surface area contributed by atoms with E-state index in [4.69, 9.17) is 5.73 Å². The highest BCUT2D eigenvalue weighted by molar-refractivity contribution is 5.46. The minimum absolute atomic E-state index is 0.289. The predicted octanol–water partition coefficient (Wildman–Crippen LogP) is 0.885. The fourth-order valence-corrected chi connectivity index (χ4v) is 2.86. The van der Waals surface area contributed by atoms with Crippen LogP contribution in [0.25, 0.3) is 0 Å². The van der Waals surface area contributed by atoms with Crippen LogP contribution in [-0.4, -0.2) is 66.7 Å². The lowest BCUT2D eigenvalue weighted by Crippen LogP contribution is -2.47. The molecule has 1 aromatic carbocycles. The molecule has 7 nitrogen and oxygen atoms in total. The average Bonchev–Trinajstić information content (AvgIpc) is 2.61. The van der Waals surface area contributed by atoms with Crippen molar-refractivity contribution in [3.63, 3.8) is 0 Å². The predicted molar refractivity (Wildman–Crippen MR) is 97.4 cm³/mol. The molecule has 128 valence electrons. The Labute approximate surface area is 143 Å². The van der Waals surface area contributed by atoms with E-state index in [9.17, 15) is 0 Å². The lowest BCUT2D eigenvalue weighted by atomic mass is 10.2. The van der Waals surface area contributed by atoms with Crippen molar-refractivity contribution in [3.05, 3.63) is 36.2 Å². The quantitative estimate of drug-likeness (QED) is 0.874. The van der Waals surface area contributed by atoms with Crippen molar-refractivity contribution in [2.45, 2.75) is 6.42 Å². The Morgan fingerprint density at radius 2 is 1.71 bits per heavy atom. The first-order chi connectivity index (χ1) is 11.6. The van der Waals surface area contributed by atoms with Gasteiger partial charge in [-0.2, -0.15) is 15.0 Å². The summed E-state index contributed by atoms with van der Waals surface area (Å²) in [6, 6.07) is 10.6. The van der Waals surface area contributed by atoms with Crippen LogP contribution in [0, 0.1) is 0 Å². The Kier molecular flexibility index (Phi) is 5.10. The zero-order valence-corrected chi connectivity index (χ0v) is 14.4. The maximum Gasteiger partial charge on any atom is 0.229 e. The highest BCUT2D eigenvalue weighted by atomic mass is 15.3. The van der Waals surface area contributed by atoms with E-state index in [0.717, 1.165) is 45.0 Å². The number of nitrogens with two attached hydrogens (primary N) is 1. The van der Waals surface area contributed by atoms with Crippen LogP contribution in [0.2, 0.25) is 0 Å². The van der Waals surface area contributed by atoms with Crippen LogP contribution in [-0.2, 0) is 6.42 Å². The molecular formula is C17H25N7. The van der Waals surface area contributed by atoms with Gasteiger partial charge < -0.3 is 15.5 Å². The lowest BCUT2D eigenvalue weighted by molar-refractivity contribution is 0.259. The highest BCUT2D eigenvalue weighted by Gasteiger charge is 2.17. The molecule has 1 fully saturated rings. The molecule has 2 aromatic rings. The van der Waals surface area contributed by atoms with E-state index < -0.39 is 0 Å². The third kappa shape index (κ3) is 4.11. The first-order valence-corrected chi connectivity index (χ1v) is 8.32. The van der Waals surface area contributed by atoms with Gasteiger partial charge in [-0.3, -0.25) is 4.90 Å². The molecule has 0 saturated carbocycles. The lowest BCUT2D eigenvalue weighted by Gasteiger charge is -2.36. The van der Waals surface area contributed by atoms with Crippen molar-refractivity contribution in [2.75, 3.05) is 62.4 Å². The second kappa shape index (κ2) is 7.44. The third-order valence-electron chi connectivity index (χ3n) is 4.23. The van der Waals surface area contributed by atoms with Crippen molar-refractivity contribution < 1.29 is 0 Å². The monoisotopic (exact) mass is 327 g/mol. The molecule has 0 aliphatic carbocycles. The molecule has 2 heterocycles. The zero-order chi connectivity index (χ0) is 16.9. The first-order valence-electron chi connectivity index (χ1n) is 8.32. The molecule has 2 N–H and O–H groups in total. The summed E-state index contributed by atoms with van der Waals surface area (Å²) in [6.07, 6.45) is 0.791. The second-order valence-electron chi connectivity index (χ2n) is 6.22. The number of hydrogen-bond acceptors (Lipinski definition) is 7. The van der Waals surface area contributed by atoms with E-state index in [2.05, 4.69) is 55.1 Å². The van der Waals surface area contributed by atoms with Gasteiger partial charge >= 0.3 is 0 Å². The number of nitrogens with zero attached hydrogens (tertiary/aromatic N) is 6. The molecule has 1 aliphatic rings. The molecule has 7 heteroatoms. The summed E-state index contributed by atoms with van der Waals surface area (Å²) in [5.74, 6) is 1.67. The highest BCUT2D eigenvalue weighted by Crippen LogP contribution is 2.15. The Bertz CT molecular complexity index is 651.